The molecular formula is C20H16O3. The largest absolute Gasteiger partial charge is 0.426 e. The van der Waals surface area contributed by atoms with E-state index in [1.165, 1.54) is 0 Å². The molecule has 0 aliphatic rings. The summed E-state index contributed by atoms with van der Waals surface area (Å²) in [4.78, 5) is 23.5. The lowest BCUT2D eigenvalue weighted by Gasteiger charge is -2.09. The van der Waals surface area contributed by atoms with Crippen LogP contribution in [0.5, 0.6) is 5.75 Å². The van der Waals surface area contributed by atoms with Gasteiger partial charge in [0.1, 0.15) is 5.75 Å². The van der Waals surface area contributed by atoms with E-state index in [0.717, 1.165) is 22.6 Å². The standard InChI is InChI=1S/C20H16O3/c21-14-18-17-9-5-4-8-16(17)11-12-19(18)23-20(22)13-10-15-6-2-1-3-7-15/h1-9,11-12,14H,10,13H2. The third kappa shape index (κ3) is 3.46. The van der Waals surface area contributed by atoms with Crippen molar-refractivity contribution in [3.05, 3.63) is 77.9 Å². The molecule has 0 aliphatic carbocycles. The van der Waals surface area contributed by atoms with Crippen LogP contribution in [-0.2, 0) is 11.2 Å². The van der Waals surface area contributed by atoms with Gasteiger partial charge in [0.15, 0.2) is 6.29 Å². The van der Waals surface area contributed by atoms with Gasteiger partial charge in [0.2, 0.25) is 0 Å². The number of carbonyl (C=O) groups is 2. The van der Waals surface area contributed by atoms with Gasteiger partial charge < -0.3 is 4.74 Å². The molecule has 0 atom stereocenters. The smallest absolute Gasteiger partial charge is 0.311 e. The summed E-state index contributed by atoms with van der Waals surface area (Å²) in [6.07, 6.45) is 1.63. The molecule has 0 radical (unpaired) electrons. The van der Waals surface area contributed by atoms with E-state index in [-0.39, 0.29) is 12.4 Å². The molecule has 0 saturated carbocycles. The summed E-state index contributed by atoms with van der Waals surface area (Å²) >= 11 is 0. The van der Waals surface area contributed by atoms with Crippen molar-refractivity contribution in [3.8, 4) is 5.75 Å². The highest BCUT2D eigenvalue weighted by Crippen LogP contribution is 2.27. The van der Waals surface area contributed by atoms with Gasteiger partial charge in [-0.05, 0) is 28.8 Å². The summed E-state index contributed by atoms with van der Waals surface area (Å²) in [5.74, 6) is -0.0241. The fraction of sp³-hybridized carbons (Fsp3) is 0.100. The van der Waals surface area contributed by atoms with Gasteiger partial charge in [-0.2, -0.15) is 0 Å². The molecule has 0 fully saturated rings. The first-order chi connectivity index (χ1) is 11.3. The predicted octanol–water partition coefficient (Wildman–Crippen LogP) is 4.19. The van der Waals surface area contributed by atoms with Crippen LogP contribution in [0.1, 0.15) is 22.3 Å². The molecule has 0 N–H and O–H groups in total. The highest BCUT2D eigenvalue weighted by molar-refractivity contribution is 6.01. The molecule has 3 rings (SSSR count). The molecule has 114 valence electrons. The topological polar surface area (TPSA) is 43.4 Å². The Bertz CT molecular complexity index is 838. The fourth-order valence-electron chi connectivity index (χ4n) is 2.55. The van der Waals surface area contributed by atoms with Crippen LogP contribution in [-0.4, -0.2) is 12.3 Å². The number of carbonyl (C=O) groups excluding carboxylic acids is 2. The van der Waals surface area contributed by atoms with Crippen LogP contribution in [0.4, 0.5) is 0 Å². The van der Waals surface area contributed by atoms with Crippen LogP contribution in [0.2, 0.25) is 0 Å². The zero-order valence-corrected chi connectivity index (χ0v) is 12.6. The summed E-state index contributed by atoms with van der Waals surface area (Å²) in [7, 11) is 0. The maximum Gasteiger partial charge on any atom is 0.311 e. The monoisotopic (exact) mass is 304 g/mol. The van der Waals surface area contributed by atoms with Crippen LogP contribution >= 0.6 is 0 Å². The molecule has 3 heteroatoms. The van der Waals surface area contributed by atoms with Gasteiger partial charge in [-0.3, -0.25) is 9.59 Å². The second-order valence-electron chi connectivity index (χ2n) is 5.28. The summed E-state index contributed by atoms with van der Waals surface area (Å²) < 4.78 is 5.40. The molecule has 3 aromatic rings. The zero-order chi connectivity index (χ0) is 16.1. The number of rotatable bonds is 5. The molecule has 23 heavy (non-hydrogen) atoms. The molecular weight excluding hydrogens is 288 g/mol. The van der Waals surface area contributed by atoms with Crippen molar-refractivity contribution in [1.82, 2.24) is 0 Å². The molecule has 0 spiro atoms. The summed E-state index contributed by atoms with van der Waals surface area (Å²) in [6, 6.07) is 20.8. The van der Waals surface area contributed by atoms with Crippen molar-refractivity contribution in [1.29, 1.82) is 0 Å². The zero-order valence-electron chi connectivity index (χ0n) is 12.6. The molecule has 3 nitrogen and oxygen atoms in total. The number of hydrogen-bond acceptors (Lipinski definition) is 3. The van der Waals surface area contributed by atoms with Gasteiger partial charge in [-0.15, -0.1) is 0 Å². The molecule has 0 bridgehead atoms. The minimum absolute atomic E-state index is 0.273. The highest BCUT2D eigenvalue weighted by atomic mass is 16.5. The average molecular weight is 304 g/mol. The number of aldehydes is 1. The van der Waals surface area contributed by atoms with Gasteiger partial charge in [0, 0.05) is 6.42 Å². The van der Waals surface area contributed by atoms with Crippen molar-refractivity contribution < 1.29 is 14.3 Å². The Hall–Kier alpha value is -2.94. The van der Waals surface area contributed by atoms with Gasteiger partial charge in [-0.25, -0.2) is 0 Å². The number of esters is 1. The number of benzene rings is 3. The first kappa shape index (κ1) is 15.0. The first-order valence-corrected chi connectivity index (χ1v) is 7.49. The quantitative estimate of drug-likeness (QED) is 0.403. The van der Waals surface area contributed by atoms with Crippen molar-refractivity contribution in [3.63, 3.8) is 0 Å². The lowest BCUT2D eigenvalue weighted by molar-refractivity contribution is -0.134. The van der Waals surface area contributed by atoms with Crippen molar-refractivity contribution >= 4 is 23.0 Å². The second kappa shape index (κ2) is 6.88. The second-order valence-corrected chi connectivity index (χ2v) is 5.28. The third-order valence-electron chi connectivity index (χ3n) is 3.73. The summed E-state index contributed by atoms with van der Waals surface area (Å²) in [5.41, 5.74) is 1.50. The first-order valence-electron chi connectivity index (χ1n) is 7.49. The lowest BCUT2D eigenvalue weighted by atomic mass is 10.0. The molecule has 0 aromatic heterocycles. The van der Waals surface area contributed by atoms with Gasteiger partial charge in [-0.1, -0.05) is 60.7 Å². The van der Waals surface area contributed by atoms with Crippen molar-refractivity contribution in [2.24, 2.45) is 0 Å². The number of aryl methyl sites for hydroxylation is 1. The lowest BCUT2D eigenvalue weighted by Crippen LogP contribution is -2.10. The van der Waals surface area contributed by atoms with Gasteiger partial charge >= 0.3 is 5.97 Å². The van der Waals surface area contributed by atoms with E-state index in [4.69, 9.17) is 4.74 Å². The Balaban J connectivity index is 1.75. The minimum atomic E-state index is -0.341. The predicted molar refractivity (Wildman–Crippen MR) is 89.7 cm³/mol. The van der Waals surface area contributed by atoms with Crippen molar-refractivity contribution in [2.75, 3.05) is 0 Å². The fourth-order valence-corrected chi connectivity index (χ4v) is 2.55. The Kier molecular flexibility index (Phi) is 4.48. The van der Waals surface area contributed by atoms with E-state index in [1.54, 1.807) is 6.07 Å². The van der Waals surface area contributed by atoms with Gasteiger partial charge in [0.25, 0.3) is 0 Å². The number of ether oxygens (including phenoxy) is 1. The van der Waals surface area contributed by atoms with Crippen LogP contribution in [0.25, 0.3) is 10.8 Å². The third-order valence-corrected chi connectivity index (χ3v) is 3.73. The maximum absolute atomic E-state index is 12.1. The van der Waals surface area contributed by atoms with E-state index in [0.29, 0.717) is 17.7 Å². The Morgan fingerprint density at radius 2 is 1.65 bits per heavy atom. The minimum Gasteiger partial charge on any atom is -0.426 e. The van der Waals surface area contributed by atoms with E-state index in [9.17, 15) is 9.59 Å². The van der Waals surface area contributed by atoms with Gasteiger partial charge in [0.05, 0.1) is 5.56 Å². The Labute approximate surface area is 134 Å². The molecule has 0 amide bonds. The number of fused-ring (bicyclic) bond motifs is 1. The highest BCUT2D eigenvalue weighted by Gasteiger charge is 2.12. The molecule has 0 unspecified atom stereocenters. The van der Waals surface area contributed by atoms with E-state index in [1.807, 2.05) is 60.7 Å². The van der Waals surface area contributed by atoms with Crippen LogP contribution in [0, 0.1) is 0 Å². The molecule has 0 saturated heterocycles. The summed E-state index contributed by atoms with van der Waals surface area (Å²) in [6.45, 7) is 0. The Morgan fingerprint density at radius 3 is 2.43 bits per heavy atom. The van der Waals surface area contributed by atoms with E-state index >= 15 is 0 Å². The maximum atomic E-state index is 12.1. The van der Waals surface area contributed by atoms with Crippen LogP contribution in [0.15, 0.2) is 66.7 Å². The molecule has 0 aliphatic heterocycles. The molecule has 3 aromatic carbocycles. The Morgan fingerprint density at radius 1 is 0.913 bits per heavy atom. The average Bonchev–Trinajstić information content (AvgIpc) is 2.60. The molecule has 0 heterocycles. The summed E-state index contributed by atoms with van der Waals surface area (Å²) in [5, 5.41) is 1.73. The van der Waals surface area contributed by atoms with E-state index < -0.39 is 0 Å². The van der Waals surface area contributed by atoms with Crippen LogP contribution < -0.4 is 4.74 Å². The van der Waals surface area contributed by atoms with Crippen molar-refractivity contribution in [2.45, 2.75) is 12.8 Å². The normalized spacial score (nSPS) is 10.4. The number of hydrogen-bond donors (Lipinski definition) is 0. The van der Waals surface area contributed by atoms with Crippen LogP contribution in [0.3, 0.4) is 0 Å². The van der Waals surface area contributed by atoms with E-state index in [2.05, 4.69) is 0 Å². The SMILES string of the molecule is O=Cc1c(OC(=O)CCc2ccccc2)ccc2ccccc12.